The molecule has 0 saturated heterocycles. The number of para-hydroxylation sites is 1. The van der Waals surface area contributed by atoms with Crippen molar-refractivity contribution in [3.8, 4) is 0 Å². The van der Waals surface area contributed by atoms with Gasteiger partial charge in [-0.25, -0.2) is 4.79 Å². The topological polar surface area (TPSA) is 172 Å². The number of esters is 1. The van der Waals surface area contributed by atoms with Gasteiger partial charge in [-0.3, -0.25) is 9.59 Å². The Balaban J connectivity index is 2.19. The predicted molar refractivity (Wildman–Crippen MR) is 140 cm³/mol. The number of amides is 2. The van der Waals surface area contributed by atoms with Crippen LogP contribution in [-0.4, -0.2) is 89.9 Å². The lowest BCUT2D eigenvalue weighted by molar-refractivity contribution is -0.144. The number of aliphatic hydroxyl groups excluding tert-OH is 2. The molecular weight excluding hydrogens is 496 g/mol. The fraction of sp³-hybridized carbons (Fsp3) is 0.538. The maximum Gasteiger partial charge on any atom is 0.328 e. The van der Waals surface area contributed by atoms with Crippen LogP contribution in [0.15, 0.2) is 35.6 Å². The molecule has 5 atom stereocenters. The zero-order valence-electron chi connectivity index (χ0n) is 22.6. The van der Waals surface area contributed by atoms with E-state index in [4.69, 9.17) is 9.57 Å². The number of hydrogen-bond donors (Lipinski definition) is 5. The van der Waals surface area contributed by atoms with Crippen LogP contribution >= 0.6 is 0 Å². The summed E-state index contributed by atoms with van der Waals surface area (Å²) in [5, 5.41) is 30.1. The van der Waals surface area contributed by atoms with E-state index < -0.39 is 54.8 Å². The van der Waals surface area contributed by atoms with Crippen molar-refractivity contribution in [1.29, 1.82) is 0 Å². The van der Waals surface area contributed by atoms with Crippen LogP contribution in [0.4, 0.5) is 0 Å². The molecule has 2 unspecified atom stereocenters. The number of nitrogens with one attached hydrogen (secondary N) is 3. The van der Waals surface area contributed by atoms with E-state index in [0.717, 1.165) is 16.5 Å². The van der Waals surface area contributed by atoms with Crippen LogP contribution in [0.5, 0.6) is 0 Å². The summed E-state index contributed by atoms with van der Waals surface area (Å²) in [6, 6.07) is 5.54. The average molecular weight is 535 g/mol. The SMILES string of the molecule is COC(=O)[C@H](C)NC(=O)[C@H](Cc1c[nH]c2ccccc12)NC(=O)CO/N=C(\C(O)C(C)O)[C@@H](OC)C(C)C. The molecular formula is C26H38N4O8. The Labute approximate surface area is 221 Å². The van der Waals surface area contributed by atoms with Gasteiger partial charge in [0.25, 0.3) is 5.91 Å². The molecule has 12 heteroatoms. The summed E-state index contributed by atoms with van der Waals surface area (Å²) in [5.41, 5.74) is 1.69. The smallest absolute Gasteiger partial charge is 0.328 e. The predicted octanol–water partition coefficient (Wildman–Crippen LogP) is 0.658. The van der Waals surface area contributed by atoms with Crippen molar-refractivity contribution in [2.45, 2.75) is 64.5 Å². The third-order valence-electron chi connectivity index (χ3n) is 5.94. The first-order chi connectivity index (χ1) is 18.0. The lowest BCUT2D eigenvalue weighted by Crippen LogP contribution is -2.52. The highest BCUT2D eigenvalue weighted by Crippen LogP contribution is 2.19. The molecule has 0 fully saturated rings. The minimum absolute atomic E-state index is 0.0327. The highest BCUT2D eigenvalue weighted by molar-refractivity contribution is 5.93. The van der Waals surface area contributed by atoms with Crippen LogP contribution in [0.25, 0.3) is 10.9 Å². The van der Waals surface area contributed by atoms with E-state index in [0.29, 0.717) is 0 Å². The van der Waals surface area contributed by atoms with Crippen LogP contribution in [0.1, 0.15) is 33.3 Å². The van der Waals surface area contributed by atoms with Gasteiger partial charge in [-0.2, -0.15) is 0 Å². The van der Waals surface area contributed by atoms with Crippen LogP contribution in [0, 0.1) is 5.92 Å². The van der Waals surface area contributed by atoms with Gasteiger partial charge < -0.3 is 40.1 Å². The molecule has 1 heterocycles. The van der Waals surface area contributed by atoms with Crippen molar-refractivity contribution < 1.29 is 38.9 Å². The first-order valence-corrected chi connectivity index (χ1v) is 12.3. The van der Waals surface area contributed by atoms with Crippen LogP contribution in [-0.2, 0) is 35.1 Å². The number of fused-ring (bicyclic) bond motifs is 1. The van der Waals surface area contributed by atoms with Gasteiger partial charge in [0.1, 0.15) is 30.0 Å². The fourth-order valence-electron chi connectivity index (χ4n) is 3.94. The van der Waals surface area contributed by atoms with E-state index in [-0.39, 0.29) is 18.1 Å². The third-order valence-corrected chi connectivity index (χ3v) is 5.94. The Morgan fingerprint density at radius 1 is 1.05 bits per heavy atom. The maximum absolute atomic E-state index is 13.0. The van der Waals surface area contributed by atoms with Crippen LogP contribution in [0.2, 0.25) is 0 Å². The van der Waals surface area contributed by atoms with Crippen molar-refractivity contribution in [3.63, 3.8) is 0 Å². The van der Waals surface area contributed by atoms with Gasteiger partial charge in [0.15, 0.2) is 6.61 Å². The molecule has 2 aromatic rings. The molecule has 2 amide bonds. The van der Waals surface area contributed by atoms with Crippen LogP contribution < -0.4 is 10.6 Å². The van der Waals surface area contributed by atoms with E-state index in [1.807, 2.05) is 38.1 Å². The summed E-state index contributed by atoms with van der Waals surface area (Å²) < 4.78 is 10.0. The summed E-state index contributed by atoms with van der Waals surface area (Å²) >= 11 is 0. The van der Waals surface area contributed by atoms with Gasteiger partial charge in [0.2, 0.25) is 5.91 Å². The number of rotatable bonds is 14. The standard InChI is InChI=1S/C26H38N4O8/c1-14(2)24(36-5)22(23(33)16(4)31)30-38-13-21(32)29-20(25(34)28-15(3)26(35)37-6)11-17-12-27-19-10-8-7-9-18(17)19/h7-10,12,14-16,20,23-24,27,31,33H,11,13H2,1-6H3,(H,28,34)(H,29,32)/b30-22+/t15-,16?,20-,23?,24-/m0/s1. The molecule has 2 rings (SSSR count). The van der Waals surface area contributed by atoms with Crippen molar-refractivity contribution in [2.24, 2.45) is 11.1 Å². The Hall–Kier alpha value is -3.48. The second kappa shape index (κ2) is 14.5. The van der Waals surface area contributed by atoms with Gasteiger partial charge in [0, 0.05) is 30.6 Å². The van der Waals surface area contributed by atoms with Crippen molar-refractivity contribution >= 4 is 34.4 Å². The second-order valence-electron chi connectivity index (χ2n) is 9.31. The molecule has 0 aliphatic heterocycles. The van der Waals surface area contributed by atoms with Gasteiger partial charge >= 0.3 is 5.97 Å². The number of aromatic amines is 1. The number of carbonyl (C=O) groups excluding carboxylic acids is 3. The van der Waals surface area contributed by atoms with Gasteiger partial charge in [-0.1, -0.05) is 37.2 Å². The first-order valence-electron chi connectivity index (χ1n) is 12.3. The summed E-state index contributed by atoms with van der Waals surface area (Å²) in [6.45, 7) is 5.98. The number of aliphatic hydroxyl groups is 2. The number of methoxy groups -OCH3 is 2. The molecule has 1 aromatic carbocycles. The minimum atomic E-state index is -1.37. The summed E-state index contributed by atoms with van der Waals surface area (Å²) in [6.07, 6.45) is -1.30. The molecule has 1 aromatic heterocycles. The third kappa shape index (κ3) is 8.27. The van der Waals surface area contributed by atoms with E-state index in [1.165, 1.54) is 28.1 Å². The molecule has 5 N–H and O–H groups in total. The number of oxime groups is 1. The van der Waals surface area contributed by atoms with Gasteiger partial charge in [0.05, 0.1) is 13.2 Å². The second-order valence-corrected chi connectivity index (χ2v) is 9.31. The normalized spacial score (nSPS) is 15.9. The number of carbonyl (C=O) groups is 3. The van der Waals surface area contributed by atoms with Crippen LogP contribution in [0.3, 0.4) is 0 Å². The van der Waals surface area contributed by atoms with Crippen molar-refractivity contribution in [1.82, 2.24) is 15.6 Å². The van der Waals surface area contributed by atoms with E-state index >= 15 is 0 Å². The molecule has 0 radical (unpaired) electrons. The Morgan fingerprint density at radius 3 is 2.34 bits per heavy atom. The summed E-state index contributed by atoms with van der Waals surface area (Å²) in [4.78, 5) is 45.9. The largest absolute Gasteiger partial charge is 0.467 e. The molecule has 0 bridgehead atoms. The number of H-pyrrole nitrogens is 1. The number of aromatic nitrogens is 1. The Kier molecular flexibility index (Phi) is 11.7. The van der Waals surface area contributed by atoms with E-state index in [2.05, 4.69) is 25.5 Å². The number of ether oxygens (including phenoxy) is 2. The quantitative estimate of drug-likeness (QED) is 0.134. The zero-order valence-corrected chi connectivity index (χ0v) is 22.6. The molecule has 0 aliphatic carbocycles. The first kappa shape index (κ1) is 30.7. The monoisotopic (exact) mass is 534 g/mol. The fourth-order valence-corrected chi connectivity index (χ4v) is 3.94. The zero-order chi connectivity index (χ0) is 28.4. The molecule has 0 spiro atoms. The number of hydrogen-bond acceptors (Lipinski definition) is 9. The van der Waals surface area contributed by atoms with Crippen molar-refractivity contribution in [3.05, 3.63) is 36.0 Å². The van der Waals surface area contributed by atoms with E-state index in [1.54, 1.807) is 6.20 Å². The molecule has 0 aliphatic rings. The lowest BCUT2D eigenvalue weighted by Gasteiger charge is -2.25. The maximum atomic E-state index is 13.0. The molecule has 0 saturated carbocycles. The lowest BCUT2D eigenvalue weighted by atomic mass is 9.96. The van der Waals surface area contributed by atoms with Gasteiger partial charge in [-0.05, 0) is 31.4 Å². The van der Waals surface area contributed by atoms with E-state index in [9.17, 15) is 24.6 Å². The highest BCUT2D eigenvalue weighted by atomic mass is 16.6. The van der Waals surface area contributed by atoms with Gasteiger partial charge in [-0.15, -0.1) is 0 Å². The molecule has 38 heavy (non-hydrogen) atoms. The average Bonchev–Trinajstić information content (AvgIpc) is 3.29. The highest BCUT2D eigenvalue weighted by Gasteiger charge is 2.30. The summed E-state index contributed by atoms with van der Waals surface area (Å²) in [5.74, 6) is -1.99. The summed E-state index contributed by atoms with van der Waals surface area (Å²) in [7, 11) is 2.65. The Bertz CT molecular complexity index is 1110. The Morgan fingerprint density at radius 2 is 1.74 bits per heavy atom. The molecule has 12 nitrogen and oxygen atoms in total. The number of benzene rings is 1. The van der Waals surface area contributed by atoms with Crippen molar-refractivity contribution in [2.75, 3.05) is 20.8 Å². The molecule has 210 valence electrons. The minimum Gasteiger partial charge on any atom is -0.467 e. The number of nitrogens with zero attached hydrogens (tertiary/aromatic N) is 1.